The fourth-order valence-electron chi connectivity index (χ4n) is 8.21. The highest BCUT2D eigenvalue weighted by Crippen LogP contribution is 2.35. The van der Waals surface area contributed by atoms with Gasteiger partial charge in [0.05, 0.1) is 59.0 Å². The minimum atomic E-state index is -0.828. The maximum absolute atomic E-state index is 7.27. The number of hydrogen-bond donors (Lipinski definition) is 0. The van der Waals surface area contributed by atoms with E-state index in [-0.39, 0.29) is 19.8 Å². The van der Waals surface area contributed by atoms with Crippen molar-refractivity contribution < 1.29 is 47.4 Å². The molecule has 2 saturated heterocycles. The molecule has 0 radical (unpaired) electrons. The summed E-state index contributed by atoms with van der Waals surface area (Å²) in [5.41, 5.74) is 6.19. The molecule has 8 rings (SSSR count). The second-order valence-corrected chi connectivity index (χ2v) is 16.3. The molecule has 9 atom stereocenters. The van der Waals surface area contributed by atoms with Gasteiger partial charge in [0.1, 0.15) is 36.6 Å². The Morgan fingerprint density at radius 1 is 0.385 bits per heavy atom. The molecule has 2 heterocycles. The first-order valence-electron chi connectivity index (χ1n) is 22.5. The van der Waals surface area contributed by atoms with Crippen molar-refractivity contribution >= 4 is 0 Å². The van der Waals surface area contributed by atoms with Gasteiger partial charge < -0.3 is 47.4 Å². The molecule has 0 aromatic heterocycles. The fourth-order valence-corrected chi connectivity index (χ4v) is 8.21. The molecule has 10 heteroatoms. The van der Waals surface area contributed by atoms with E-state index < -0.39 is 55.3 Å². The highest BCUT2D eigenvalue weighted by molar-refractivity contribution is 5.18. The second kappa shape index (κ2) is 25.0. The second-order valence-electron chi connectivity index (χ2n) is 16.3. The maximum Gasteiger partial charge on any atom is 0.186 e. The first-order chi connectivity index (χ1) is 32.2. The lowest BCUT2D eigenvalue weighted by Crippen LogP contribution is -2.63. The van der Waals surface area contributed by atoms with Crippen LogP contribution in [0.3, 0.4) is 0 Å². The molecule has 6 aromatic rings. The Kier molecular flexibility index (Phi) is 17.9. The Morgan fingerprint density at radius 3 is 1.15 bits per heavy atom. The van der Waals surface area contributed by atoms with Gasteiger partial charge in [-0.2, -0.15) is 0 Å². The Bertz CT molecular complexity index is 2190. The van der Waals surface area contributed by atoms with E-state index in [0.29, 0.717) is 39.5 Å². The van der Waals surface area contributed by atoms with E-state index in [1.165, 1.54) is 0 Å². The van der Waals surface area contributed by atoms with Gasteiger partial charge in [0.15, 0.2) is 12.6 Å². The van der Waals surface area contributed by atoms with Crippen LogP contribution in [0.15, 0.2) is 182 Å². The summed E-state index contributed by atoms with van der Waals surface area (Å²) >= 11 is 0. The average Bonchev–Trinajstić information content (AvgIpc) is 3.36. The van der Waals surface area contributed by atoms with Crippen LogP contribution >= 0.6 is 0 Å². The predicted octanol–water partition coefficient (Wildman–Crippen LogP) is 9.63. The van der Waals surface area contributed by atoms with Gasteiger partial charge in [-0.1, -0.05) is 182 Å². The lowest BCUT2D eigenvalue weighted by atomic mass is 9.97. The fraction of sp³-hybridized carbons (Fsp3) is 0.345. The van der Waals surface area contributed by atoms with Crippen LogP contribution in [0.2, 0.25) is 0 Å². The van der Waals surface area contributed by atoms with Gasteiger partial charge in [-0.3, -0.25) is 0 Å². The van der Waals surface area contributed by atoms with Crippen LogP contribution in [0.4, 0.5) is 0 Å². The van der Waals surface area contributed by atoms with Crippen LogP contribution in [0.25, 0.3) is 0 Å². The van der Waals surface area contributed by atoms with Crippen molar-refractivity contribution in [1.82, 2.24) is 0 Å². The lowest BCUT2D eigenvalue weighted by Gasteiger charge is -2.48. The minimum Gasteiger partial charge on any atom is -0.374 e. The first kappa shape index (κ1) is 46.4. The predicted molar refractivity (Wildman–Crippen MR) is 246 cm³/mol. The third-order valence-corrected chi connectivity index (χ3v) is 11.6. The van der Waals surface area contributed by atoms with Crippen LogP contribution in [0, 0.1) is 0 Å². The first-order valence-corrected chi connectivity index (χ1v) is 22.5. The van der Waals surface area contributed by atoms with E-state index in [0.717, 1.165) is 33.4 Å². The summed E-state index contributed by atoms with van der Waals surface area (Å²) in [6.07, 6.45) is -5.55. The molecule has 340 valence electrons. The van der Waals surface area contributed by atoms with Crippen LogP contribution in [0.5, 0.6) is 0 Å². The maximum atomic E-state index is 7.27. The Labute approximate surface area is 383 Å². The molecule has 2 aliphatic rings. The highest BCUT2D eigenvalue weighted by atomic mass is 16.7. The third kappa shape index (κ3) is 14.0. The molecule has 0 bridgehead atoms. The molecule has 0 N–H and O–H groups in total. The number of benzene rings is 6. The summed E-state index contributed by atoms with van der Waals surface area (Å²) in [5, 5.41) is 0. The summed E-state index contributed by atoms with van der Waals surface area (Å²) in [4.78, 5) is 0. The Morgan fingerprint density at radius 2 is 0.738 bits per heavy atom. The van der Waals surface area contributed by atoms with Crippen molar-refractivity contribution in [3.63, 3.8) is 0 Å². The highest BCUT2D eigenvalue weighted by Gasteiger charge is 2.51. The van der Waals surface area contributed by atoms with Crippen LogP contribution in [0.1, 0.15) is 39.8 Å². The largest absolute Gasteiger partial charge is 0.374 e. The van der Waals surface area contributed by atoms with Gasteiger partial charge in [-0.15, -0.1) is 0 Å². The van der Waals surface area contributed by atoms with E-state index in [9.17, 15) is 0 Å². The van der Waals surface area contributed by atoms with E-state index >= 15 is 0 Å². The average molecular weight is 881 g/mol. The van der Waals surface area contributed by atoms with Crippen LogP contribution in [-0.4, -0.2) is 75.6 Å². The normalized spacial score (nSPS) is 24.4. The summed E-state index contributed by atoms with van der Waals surface area (Å²) in [6.45, 7) is 2.55. The smallest absolute Gasteiger partial charge is 0.186 e. The van der Waals surface area contributed by atoms with Crippen molar-refractivity contribution in [2.75, 3.05) is 20.3 Å². The van der Waals surface area contributed by atoms with Crippen molar-refractivity contribution in [3.8, 4) is 0 Å². The van der Waals surface area contributed by atoms with E-state index in [1.807, 2.05) is 158 Å². The molecule has 6 aromatic carbocycles. The zero-order chi connectivity index (χ0) is 44.3. The van der Waals surface area contributed by atoms with E-state index in [1.54, 1.807) is 7.11 Å². The summed E-state index contributed by atoms with van der Waals surface area (Å²) in [6, 6.07) is 60.5. The Hall–Kier alpha value is -5.08. The molecule has 0 unspecified atom stereocenters. The van der Waals surface area contributed by atoms with Crippen molar-refractivity contribution in [2.24, 2.45) is 0 Å². The van der Waals surface area contributed by atoms with Crippen LogP contribution < -0.4 is 0 Å². The molecule has 2 aliphatic heterocycles. The summed E-state index contributed by atoms with van der Waals surface area (Å²) < 4.78 is 67.2. The summed E-state index contributed by atoms with van der Waals surface area (Å²) in [5.74, 6) is 0. The van der Waals surface area contributed by atoms with Gasteiger partial charge >= 0.3 is 0 Å². The lowest BCUT2D eigenvalue weighted by molar-refractivity contribution is -0.357. The van der Waals surface area contributed by atoms with Gasteiger partial charge in [-0.25, -0.2) is 0 Å². The monoisotopic (exact) mass is 880 g/mol. The van der Waals surface area contributed by atoms with E-state index in [4.69, 9.17) is 47.4 Å². The molecular weight excluding hydrogens is 821 g/mol. The minimum absolute atomic E-state index is 0.208. The number of methoxy groups -OCH3 is 1. The van der Waals surface area contributed by atoms with Gasteiger partial charge in [0, 0.05) is 13.5 Å². The molecule has 0 saturated carbocycles. The quantitative estimate of drug-likeness (QED) is 0.0620. The number of rotatable bonds is 23. The molecule has 65 heavy (non-hydrogen) atoms. The van der Waals surface area contributed by atoms with Crippen molar-refractivity contribution in [2.45, 2.75) is 101 Å². The number of hydrogen-bond acceptors (Lipinski definition) is 10. The van der Waals surface area contributed by atoms with Crippen LogP contribution in [-0.2, 0) is 87.0 Å². The zero-order valence-electron chi connectivity index (χ0n) is 37.0. The van der Waals surface area contributed by atoms with Gasteiger partial charge in [0.25, 0.3) is 0 Å². The summed E-state index contributed by atoms with van der Waals surface area (Å²) in [7, 11) is 1.62. The number of ether oxygens (including phenoxy) is 10. The third-order valence-electron chi connectivity index (χ3n) is 11.6. The van der Waals surface area contributed by atoms with E-state index in [2.05, 4.69) is 24.3 Å². The molecule has 2 fully saturated rings. The SMILES string of the molecule is CO[C@H]1O[C@H](COCc2ccccc2)[C@@H](OCc2ccccc2)[C@H](O[C@H]2C[C@@H](OCc3ccccc3)[C@H](OCc3ccccc3)[C@@H](COCc3ccccc3)O2)[C@H]1OCc1ccccc1. The molecule has 0 spiro atoms. The van der Waals surface area contributed by atoms with Gasteiger partial charge in [0.2, 0.25) is 0 Å². The zero-order valence-corrected chi connectivity index (χ0v) is 37.0. The molecule has 10 nitrogen and oxygen atoms in total. The van der Waals surface area contributed by atoms with Crippen molar-refractivity contribution in [3.05, 3.63) is 215 Å². The Balaban J connectivity index is 1.10. The topological polar surface area (TPSA) is 92.3 Å². The molecular formula is C55H60O10. The molecule has 0 amide bonds. The standard InChI is InChI=1S/C55H60O10/c1-56-55-54(62-38-46-30-18-7-19-31-46)53(52(61-37-45-28-16-6-17-29-45)49(64-55)40-58-34-42-22-10-3-11-23-42)65-50-32-47(59-35-43-24-12-4-13-25-43)51(60-36-44-26-14-5-15-27-44)48(63-50)39-57-33-41-20-8-2-9-21-41/h2-31,47-55H,32-40H2,1H3/t47-,48-,49-,50+,51+,52-,53+,54-,55+/m1/s1. The molecule has 0 aliphatic carbocycles. The van der Waals surface area contributed by atoms with Crippen molar-refractivity contribution in [1.29, 1.82) is 0 Å². The van der Waals surface area contributed by atoms with Gasteiger partial charge in [-0.05, 0) is 33.4 Å².